The Labute approximate surface area is 207 Å². The van der Waals surface area contributed by atoms with Gasteiger partial charge in [0.1, 0.15) is 39.4 Å². The van der Waals surface area contributed by atoms with E-state index in [9.17, 15) is 4.79 Å². The number of carbonyl (C=O) groups is 1. The summed E-state index contributed by atoms with van der Waals surface area (Å²) in [7, 11) is 0. The van der Waals surface area contributed by atoms with Gasteiger partial charge in [0.2, 0.25) is 11.7 Å². The van der Waals surface area contributed by atoms with E-state index in [1.807, 2.05) is 25.1 Å². The summed E-state index contributed by atoms with van der Waals surface area (Å²) in [6.07, 6.45) is 3.81. The highest BCUT2D eigenvalue weighted by Gasteiger charge is 2.24. The number of fused-ring (bicyclic) bond motifs is 1. The molecule has 11 heteroatoms. The minimum atomic E-state index is -0.725. The Morgan fingerprint density at radius 2 is 2.11 bits per heavy atom. The van der Waals surface area contributed by atoms with Crippen LogP contribution in [-0.4, -0.2) is 21.7 Å². The molecule has 0 fully saturated rings. The first kappa shape index (κ1) is 25.6. The summed E-state index contributed by atoms with van der Waals surface area (Å²) in [6, 6.07) is 7.34. The van der Waals surface area contributed by atoms with Gasteiger partial charge < -0.3 is 29.0 Å². The normalized spacial score (nSPS) is 11.0. The third-order valence-corrected chi connectivity index (χ3v) is 4.62. The van der Waals surface area contributed by atoms with Gasteiger partial charge in [0.05, 0.1) is 24.7 Å². The number of nitrogens with one attached hydrogen (secondary N) is 1. The van der Waals surface area contributed by atoms with E-state index in [1.165, 1.54) is 6.20 Å². The number of carbonyl (C=O) groups excluding carboxylic acids is 1. The number of oxazole rings is 1. The van der Waals surface area contributed by atoms with E-state index in [2.05, 4.69) is 20.0 Å². The Kier molecular flexibility index (Phi) is 8.04. The average Bonchev–Trinajstić information content (AvgIpc) is 3.50. The number of furan rings is 2. The third-order valence-electron chi connectivity index (χ3n) is 4.43. The highest BCUT2D eigenvalue weighted by atomic mass is 35.5. The molecule has 0 saturated carbocycles. The van der Waals surface area contributed by atoms with Crippen molar-refractivity contribution in [2.45, 2.75) is 52.7 Å². The van der Waals surface area contributed by atoms with E-state index in [0.717, 1.165) is 12.2 Å². The second kappa shape index (κ2) is 11.0. The molecule has 35 heavy (non-hydrogen) atoms. The minimum Gasteiger partial charge on any atom is -0.467 e. The van der Waals surface area contributed by atoms with Gasteiger partial charge in [-0.15, -0.1) is 0 Å². The number of aromatic nitrogens is 2. The number of anilines is 1. The fourth-order valence-corrected chi connectivity index (χ4v) is 3.37. The fraction of sp³-hybridized carbons (Fsp3) is 0.333. The average molecular weight is 500 g/mol. The fourth-order valence-electron chi connectivity index (χ4n) is 3.17. The lowest BCUT2D eigenvalue weighted by molar-refractivity contribution is 0.0600. The molecule has 0 spiro atoms. The zero-order chi connectivity index (χ0) is 25.6. The van der Waals surface area contributed by atoms with Gasteiger partial charge in [0.15, 0.2) is 5.58 Å². The van der Waals surface area contributed by atoms with Crippen molar-refractivity contribution in [2.75, 3.05) is 5.32 Å². The number of primary amides is 1. The van der Waals surface area contributed by atoms with Crippen molar-refractivity contribution in [3.05, 3.63) is 53.1 Å². The first-order valence-electron chi connectivity index (χ1n) is 10.8. The van der Waals surface area contributed by atoms with Crippen molar-refractivity contribution >= 4 is 34.5 Å². The monoisotopic (exact) mass is 499 g/mol. The van der Waals surface area contributed by atoms with Crippen LogP contribution in [0.25, 0.3) is 22.6 Å². The summed E-state index contributed by atoms with van der Waals surface area (Å²) in [6.45, 7) is 7.80. The second-order valence-corrected chi connectivity index (χ2v) is 8.82. The van der Waals surface area contributed by atoms with Gasteiger partial charge in [-0.3, -0.25) is 0 Å². The molecule has 0 aliphatic carbocycles. The standard InChI is InChI=1S/C19H15ClN4O3.C5H11NO2/c1-2-4-14-16(19-23-10-12(8-21)26-19)17-18(27-14)13(7-15(20)24-17)22-9-11-5-3-6-25-11;1-5(2,3)8-4(6)7/h3,5-7,10H,2,4,9H2,1H3,(H,22,24);1-3H3,(H2,6,7). The quantitative estimate of drug-likeness (QED) is 0.302. The van der Waals surface area contributed by atoms with Crippen molar-refractivity contribution in [3.8, 4) is 17.5 Å². The lowest BCUT2D eigenvalue weighted by atomic mass is 10.1. The van der Waals surface area contributed by atoms with Gasteiger partial charge in [-0.2, -0.15) is 5.26 Å². The van der Waals surface area contributed by atoms with Crippen LogP contribution >= 0.6 is 11.6 Å². The molecule has 4 aromatic heterocycles. The molecule has 4 rings (SSSR count). The predicted octanol–water partition coefficient (Wildman–Crippen LogP) is 6.05. The van der Waals surface area contributed by atoms with E-state index in [4.69, 9.17) is 35.8 Å². The molecule has 0 radical (unpaired) electrons. The first-order valence-corrected chi connectivity index (χ1v) is 11.2. The SMILES string of the molecule is CC(C)(C)OC(N)=O.CCCc1oc2c(NCc3ccco3)cc(Cl)nc2c1-c1ncc(C#N)o1. The molecule has 0 saturated heterocycles. The zero-order valence-electron chi connectivity index (χ0n) is 19.8. The number of pyridine rings is 1. The number of amides is 1. The highest BCUT2D eigenvalue weighted by molar-refractivity contribution is 6.30. The van der Waals surface area contributed by atoms with Gasteiger partial charge in [0.25, 0.3) is 0 Å². The van der Waals surface area contributed by atoms with E-state index < -0.39 is 11.7 Å². The lowest BCUT2D eigenvalue weighted by Crippen LogP contribution is -2.27. The maximum absolute atomic E-state index is 10.0. The van der Waals surface area contributed by atoms with Crippen LogP contribution in [0.5, 0.6) is 0 Å². The Morgan fingerprint density at radius 3 is 2.66 bits per heavy atom. The van der Waals surface area contributed by atoms with Crippen molar-refractivity contribution in [2.24, 2.45) is 5.73 Å². The third kappa shape index (κ3) is 6.77. The van der Waals surface area contributed by atoms with Crippen LogP contribution in [0.1, 0.15) is 51.4 Å². The van der Waals surface area contributed by atoms with Crippen molar-refractivity contribution in [1.29, 1.82) is 5.26 Å². The van der Waals surface area contributed by atoms with E-state index in [1.54, 1.807) is 33.1 Å². The number of halogens is 1. The highest BCUT2D eigenvalue weighted by Crippen LogP contribution is 2.38. The van der Waals surface area contributed by atoms with E-state index in [-0.39, 0.29) is 5.76 Å². The second-order valence-electron chi connectivity index (χ2n) is 8.43. The van der Waals surface area contributed by atoms with E-state index >= 15 is 0 Å². The van der Waals surface area contributed by atoms with Crippen LogP contribution in [-0.2, 0) is 17.7 Å². The molecular formula is C24H26ClN5O5. The zero-order valence-corrected chi connectivity index (χ0v) is 20.6. The smallest absolute Gasteiger partial charge is 0.405 e. The predicted molar refractivity (Wildman–Crippen MR) is 130 cm³/mol. The summed E-state index contributed by atoms with van der Waals surface area (Å²) in [5.74, 6) is 1.89. The number of hydrogen-bond acceptors (Lipinski definition) is 9. The maximum Gasteiger partial charge on any atom is 0.405 e. The largest absolute Gasteiger partial charge is 0.467 e. The number of rotatable bonds is 6. The topological polar surface area (TPSA) is 153 Å². The summed E-state index contributed by atoms with van der Waals surface area (Å²) >= 11 is 6.24. The van der Waals surface area contributed by atoms with Crippen molar-refractivity contribution < 1.29 is 22.8 Å². The maximum atomic E-state index is 10.0. The number of nitrogens with zero attached hydrogens (tertiary/aromatic N) is 3. The van der Waals surface area contributed by atoms with E-state index in [0.29, 0.717) is 52.1 Å². The summed E-state index contributed by atoms with van der Waals surface area (Å²) in [5.41, 5.74) is 6.68. The molecule has 4 aromatic rings. The lowest BCUT2D eigenvalue weighted by Gasteiger charge is -2.16. The van der Waals surface area contributed by atoms with Crippen LogP contribution in [0, 0.1) is 11.3 Å². The molecule has 4 heterocycles. The molecule has 1 amide bonds. The molecule has 3 N–H and O–H groups in total. The molecule has 0 bridgehead atoms. The van der Waals surface area contributed by atoms with Gasteiger partial charge >= 0.3 is 6.09 Å². The molecule has 184 valence electrons. The Bertz CT molecular complexity index is 1330. The first-order chi connectivity index (χ1) is 16.6. The van der Waals surface area contributed by atoms with Gasteiger partial charge in [0, 0.05) is 12.5 Å². The molecule has 0 aliphatic rings. The van der Waals surface area contributed by atoms with Crippen molar-refractivity contribution in [3.63, 3.8) is 0 Å². The van der Waals surface area contributed by atoms with Crippen LogP contribution in [0.2, 0.25) is 5.15 Å². The summed E-state index contributed by atoms with van der Waals surface area (Å²) in [5, 5.41) is 12.6. The molecular weight excluding hydrogens is 474 g/mol. The van der Waals surface area contributed by atoms with Gasteiger partial charge in [-0.05, 0) is 39.3 Å². The minimum absolute atomic E-state index is 0.125. The van der Waals surface area contributed by atoms with Gasteiger partial charge in [-0.25, -0.2) is 14.8 Å². The Balaban J connectivity index is 0.000000371. The van der Waals surface area contributed by atoms with Crippen LogP contribution in [0.3, 0.4) is 0 Å². The summed E-state index contributed by atoms with van der Waals surface area (Å²) < 4.78 is 21.5. The summed E-state index contributed by atoms with van der Waals surface area (Å²) in [4.78, 5) is 18.6. The van der Waals surface area contributed by atoms with Crippen LogP contribution < -0.4 is 11.1 Å². The molecule has 0 aliphatic heterocycles. The van der Waals surface area contributed by atoms with Crippen LogP contribution in [0.15, 0.2) is 43.9 Å². The van der Waals surface area contributed by atoms with Gasteiger partial charge in [-0.1, -0.05) is 18.5 Å². The molecule has 0 atom stereocenters. The number of nitrogens with two attached hydrogens (primary N) is 1. The molecule has 0 unspecified atom stereocenters. The Morgan fingerprint density at radius 1 is 1.34 bits per heavy atom. The number of ether oxygens (including phenoxy) is 1. The number of aryl methyl sites for hydroxylation is 1. The number of hydrogen-bond donors (Lipinski definition) is 2. The number of nitriles is 1. The van der Waals surface area contributed by atoms with Crippen molar-refractivity contribution in [1.82, 2.24) is 9.97 Å². The Hall–Kier alpha value is -3.97. The molecule has 0 aromatic carbocycles. The van der Waals surface area contributed by atoms with Crippen LogP contribution in [0.4, 0.5) is 10.5 Å². The molecule has 10 nitrogen and oxygen atoms in total.